The molecule has 0 unspecified atom stereocenters. The van der Waals surface area contributed by atoms with Crippen LogP contribution in [-0.2, 0) is 14.8 Å². The van der Waals surface area contributed by atoms with Gasteiger partial charge in [0.25, 0.3) is 0 Å². The molecule has 0 atom stereocenters. The van der Waals surface area contributed by atoms with Gasteiger partial charge in [0.1, 0.15) is 0 Å². The van der Waals surface area contributed by atoms with Gasteiger partial charge < -0.3 is 5.32 Å². The van der Waals surface area contributed by atoms with E-state index in [9.17, 15) is 13.2 Å². The van der Waals surface area contributed by atoms with Crippen molar-refractivity contribution in [2.45, 2.75) is 62.8 Å². The molecule has 29 heavy (non-hydrogen) atoms. The summed E-state index contributed by atoms with van der Waals surface area (Å²) in [4.78, 5) is 12.9. The third-order valence-electron chi connectivity index (χ3n) is 7.08. The van der Waals surface area contributed by atoms with E-state index in [0.29, 0.717) is 13.1 Å². The SMILES string of the molecule is CCN(CC)S(=O)(=O)c1ccc(C=CC(=O)NC23CC4CC(CC(C4)C2)C3)cc1. The Bertz CT molecular complexity index is 850. The molecule has 4 fully saturated rings. The second-order valence-corrected chi connectivity index (χ2v) is 11.1. The van der Waals surface area contributed by atoms with Crippen molar-refractivity contribution in [2.24, 2.45) is 17.8 Å². The first-order valence-electron chi connectivity index (χ1n) is 10.9. The summed E-state index contributed by atoms with van der Waals surface area (Å²) >= 11 is 0. The molecule has 1 aromatic carbocycles. The number of carbonyl (C=O) groups is 1. The molecule has 0 spiro atoms. The Morgan fingerprint density at radius 1 is 1.03 bits per heavy atom. The van der Waals surface area contributed by atoms with Gasteiger partial charge in [-0.15, -0.1) is 0 Å². The van der Waals surface area contributed by atoms with Crippen molar-refractivity contribution in [3.05, 3.63) is 35.9 Å². The van der Waals surface area contributed by atoms with E-state index < -0.39 is 10.0 Å². The van der Waals surface area contributed by atoms with Crippen molar-refractivity contribution in [1.29, 1.82) is 0 Å². The van der Waals surface area contributed by atoms with Gasteiger partial charge in [0, 0.05) is 24.7 Å². The minimum absolute atomic E-state index is 0.0118. The molecule has 4 saturated carbocycles. The minimum Gasteiger partial charge on any atom is -0.347 e. The summed E-state index contributed by atoms with van der Waals surface area (Å²) in [6.45, 7) is 4.57. The molecule has 0 aromatic heterocycles. The van der Waals surface area contributed by atoms with Gasteiger partial charge in [0.05, 0.1) is 4.90 Å². The minimum atomic E-state index is -3.45. The molecule has 0 heterocycles. The first-order chi connectivity index (χ1) is 13.8. The van der Waals surface area contributed by atoms with E-state index in [1.807, 2.05) is 13.8 Å². The molecule has 158 valence electrons. The molecule has 1 N–H and O–H groups in total. The third kappa shape index (κ3) is 4.15. The Kier molecular flexibility index (Phi) is 5.60. The van der Waals surface area contributed by atoms with E-state index >= 15 is 0 Å². The lowest BCUT2D eigenvalue weighted by molar-refractivity contribution is -0.122. The molecule has 1 amide bonds. The lowest BCUT2D eigenvalue weighted by Crippen LogP contribution is -2.59. The number of nitrogens with one attached hydrogen (secondary N) is 1. The van der Waals surface area contributed by atoms with Crippen LogP contribution in [0.15, 0.2) is 35.2 Å². The number of hydrogen-bond acceptors (Lipinski definition) is 3. The lowest BCUT2D eigenvalue weighted by Gasteiger charge is -2.56. The number of amides is 1. The maximum absolute atomic E-state index is 12.6. The summed E-state index contributed by atoms with van der Waals surface area (Å²) in [5.74, 6) is 2.36. The Hall–Kier alpha value is -1.66. The van der Waals surface area contributed by atoms with Crippen LogP contribution in [0.4, 0.5) is 0 Å². The molecule has 4 bridgehead atoms. The van der Waals surface area contributed by atoms with Crippen LogP contribution in [0.2, 0.25) is 0 Å². The van der Waals surface area contributed by atoms with E-state index in [2.05, 4.69) is 5.32 Å². The summed E-state index contributed by atoms with van der Waals surface area (Å²) in [5, 5.41) is 3.33. The largest absolute Gasteiger partial charge is 0.347 e. The summed E-state index contributed by atoms with van der Waals surface area (Å²) in [6, 6.07) is 6.74. The lowest BCUT2D eigenvalue weighted by atomic mass is 9.53. The van der Waals surface area contributed by atoms with Gasteiger partial charge in [0.15, 0.2) is 0 Å². The third-order valence-corrected chi connectivity index (χ3v) is 9.14. The molecule has 5 nitrogen and oxygen atoms in total. The quantitative estimate of drug-likeness (QED) is 0.687. The Morgan fingerprint density at radius 3 is 2.03 bits per heavy atom. The van der Waals surface area contributed by atoms with Crippen LogP contribution in [0.1, 0.15) is 57.9 Å². The predicted octanol–water partition coefficient (Wildman–Crippen LogP) is 3.82. The highest BCUT2D eigenvalue weighted by atomic mass is 32.2. The maximum atomic E-state index is 12.6. The van der Waals surface area contributed by atoms with Gasteiger partial charge in [0.2, 0.25) is 15.9 Å². The van der Waals surface area contributed by atoms with E-state index in [0.717, 1.165) is 42.6 Å². The molecular weight excluding hydrogens is 384 g/mol. The maximum Gasteiger partial charge on any atom is 0.244 e. The second kappa shape index (κ2) is 7.88. The van der Waals surface area contributed by atoms with Crippen molar-refractivity contribution in [3.8, 4) is 0 Å². The van der Waals surface area contributed by atoms with E-state index in [1.165, 1.54) is 23.6 Å². The van der Waals surface area contributed by atoms with Gasteiger partial charge >= 0.3 is 0 Å². The molecule has 5 rings (SSSR count). The number of hydrogen-bond donors (Lipinski definition) is 1. The topological polar surface area (TPSA) is 66.5 Å². The van der Waals surface area contributed by atoms with Crippen LogP contribution in [0, 0.1) is 17.8 Å². The smallest absolute Gasteiger partial charge is 0.244 e. The molecule has 4 aliphatic carbocycles. The molecule has 0 radical (unpaired) electrons. The van der Waals surface area contributed by atoms with E-state index in [4.69, 9.17) is 0 Å². The summed E-state index contributed by atoms with van der Waals surface area (Å²) < 4.78 is 26.6. The summed E-state index contributed by atoms with van der Waals surface area (Å²) in [7, 11) is -3.45. The van der Waals surface area contributed by atoms with Gasteiger partial charge in [-0.3, -0.25) is 4.79 Å². The first-order valence-corrected chi connectivity index (χ1v) is 12.4. The van der Waals surface area contributed by atoms with Crippen molar-refractivity contribution >= 4 is 22.0 Å². The van der Waals surface area contributed by atoms with E-state index in [-0.39, 0.29) is 16.3 Å². The highest BCUT2D eigenvalue weighted by molar-refractivity contribution is 7.89. The average Bonchev–Trinajstić information content (AvgIpc) is 2.66. The molecular formula is C23H32N2O3S. The standard InChI is InChI=1S/C23H32N2O3S/c1-3-25(4-2)29(27,28)21-8-5-17(6-9-21)7-10-22(26)24-23-14-18-11-19(15-23)13-20(12-18)16-23/h5-10,18-20H,3-4,11-16H2,1-2H3,(H,24,26). The molecule has 6 heteroatoms. The Balaban J connectivity index is 1.40. The zero-order chi connectivity index (χ0) is 20.6. The van der Waals surface area contributed by atoms with Gasteiger partial charge in [-0.2, -0.15) is 4.31 Å². The van der Waals surface area contributed by atoms with Crippen molar-refractivity contribution in [2.75, 3.05) is 13.1 Å². The number of benzene rings is 1. The molecule has 4 aliphatic rings. The molecule has 0 saturated heterocycles. The van der Waals surface area contributed by atoms with Crippen molar-refractivity contribution in [3.63, 3.8) is 0 Å². The van der Waals surface area contributed by atoms with Crippen LogP contribution in [0.3, 0.4) is 0 Å². The van der Waals surface area contributed by atoms with Crippen LogP contribution >= 0.6 is 0 Å². The van der Waals surface area contributed by atoms with Gasteiger partial charge in [-0.25, -0.2) is 8.42 Å². The summed E-state index contributed by atoms with van der Waals surface area (Å²) in [5.41, 5.74) is 0.835. The van der Waals surface area contributed by atoms with Gasteiger partial charge in [-0.05, 0) is 80.1 Å². The Labute approximate surface area is 174 Å². The number of nitrogens with zero attached hydrogens (tertiary/aromatic N) is 1. The van der Waals surface area contributed by atoms with Crippen LogP contribution in [0.5, 0.6) is 0 Å². The zero-order valence-electron chi connectivity index (χ0n) is 17.4. The number of sulfonamides is 1. The van der Waals surface area contributed by atoms with Crippen LogP contribution in [-0.4, -0.2) is 37.3 Å². The highest BCUT2D eigenvalue weighted by Crippen LogP contribution is 2.55. The van der Waals surface area contributed by atoms with E-state index in [1.54, 1.807) is 36.4 Å². The fourth-order valence-electron chi connectivity index (χ4n) is 6.20. The van der Waals surface area contributed by atoms with Crippen LogP contribution < -0.4 is 5.32 Å². The van der Waals surface area contributed by atoms with Crippen molar-refractivity contribution in [1.82, 2.24) is 9.62 Å². The Morgan fingerprint density at radius 2 is 1.55 bits per heavy atom. The number of rotatable bonds is 7. The monoisotopic (exact) mass is 416 g/mol. The highest BCUT2D eigenvalue weighted by Gasteiger charge is 2.51. The first kappa shape index (κ1) is 20.6. The van der Waals surface area contributed by atoms with Gasteiger partial charge in [-0.1, -0.05) is 26.0 Å². The predicted molar refractivity (Wildman–Crippen MR) is 115 cm³/mol. The number of carbonyl (C=O) groups excluding carboxylic acids is 1. The second-order valence-electron chi connectivity index (χ2n) is 9.18. The molecule has 1 aromatic rings. The fourth-order valence-corrected chi connectivity index (χ4v) is 7.66. The van der Waals surface area contributed by atoms with Crippen LogP contribution in [0.25, 0.3) is 6.08 Å². The normalized spacial score (nSPS) is 30.9. The summed E-state index contributed by atoms with van der Waals surface area (Å²) in [6.07, 6.45) is 10.8. The molecule has 0 aliphatic heterocycles. The van der Waals surface area contributed by atoms with Crippen molar-refractivity contribution < 1.29 is 13.2 Å². The fraction of sp³-hybridized carbons (Fsp3) is 0.609. The average molecular weight is 417 g/mol. The zero-order valence-corrected chi connectivity index (χ0v) is 18.2.